The van der Waals surface area contributed by atoms with Gasteiger partial charge in [-0.1, -0.05) is 5.10 Å². The Morgan fingerprint density at radius 1 is 1.44 bits per heavy atom. The minimum Gasteiger partial charge on any atom is -0.444 e. The Labute approximate surface area is 160 Å². The molecule has 27 heavy (non-hydrogen) atoms. The quantitative estimate of drug-likeness (QED) is 0.727. The van der Waals surface area contributed by atoms with Gasteiger partial charge in [0.25, 0.3) is 0 Å². The lowest BCUT2D eigenvalue weighted by atomic mass is 10.1. The molecule has 1 aliphatic rings. The first-order chi connectivity index (χ1) is 12.7. The van der Waals surface area contributed by atoms with Gasteiger partial charge in [-0.25, -0.2) is 4.79 Å². The summed E-state index contributed by atoms with van der Waals surface area (Å²) in [7, 11) is 0. The number of nitrogens with zero attached hydrogens (tertiary/aromatic N) is 2. The van der Waals surface area contributed by atoms with Crippen LogP contribution in [0.4, 0.5) is 16.5 Å². The first-order valence-electron chi connectivity index (χ1n) is 8.35. The average Bonchev–Trinajstić information content (AvgIpc) is 2.93. The number of fused-ring (bicyclic) bond motifs is 1. The highest BCUT2D eigenvalue weighted by atomic mass is 32.2. The van der Waals surface area contributed by atoms with Gasteiger partial charge in [-0.15, -0.1) is 16.9 Å². The van der Waals surface area contributed by atoms with Crippen molar-refractivity contribution in [3.05, 3.63) is 18.2 Å². The SMILES string of the molecule is CC(C)(C)OC(=O)NC[C@H]1CSc2ccc(-c3nnc(N)o3)cc2NC1=O. The molecule has 10 heteroatoms. The number of aromatic nitrogens is 2. The lowest BCUT2D eigenvalue weighted by Gasteiger charge is -2.21. The normalized spacial score (nSPS) is 16.9. The Hall–Kier alpha value is -2.75. The highest BCUT2D eigenvalue weighted by Crippen LogP contribution is 2.35. The van der Waals surface area contributed by atoms with Crippen LogP contribution in [0.15, 0.2) is 27.5 Å². The van der Waals surface area contributed by atoms with Crippen LogP contribution in [0.1, 0.15) is 20.8 Å². The van der Waals surface area contributed by atoms with Crippen molar-refractivity contribution in [3.63, 3.8) is 0 Å². The molecule has 0 radical (unpaired) electrons. The molecule has 9 nitrogen and oxygen atoms in total. The van der Waals surface area contributed by atoms with E-state index in [1.165, 1.54) is 11.8 Å². The summed E-state index contributed by atoms with van der Waals surface area (Å²) in [4.78, 5) is 25.3. The van der Waals surface area contributed by atoms with Crippen LogP contribution in [0, 0.1) is 5.92 Å². The smallest absolute Gasteiger partial charge is 0.407 e. The molecule has 1 aromatic heterocycles. The predicted molar refractivity (Wildman–Crippen MR) is 101 cm³/mol. The van der Waals surface area contributed by atoms with Crippen LogP contribution >= 0.6 is 11.8 Å². The van der Waals surface area contributed by atoms with Crippen LogP contribution in [0.3, 0.4) is 0 Å². The fourth-order valence-electron chi connectivity index (χ4n) is 2.41. The first-order valence-corrected chi connectivity index (χ1v) is 9.34. The second kappa shape index (κ2) is 7.47. The Bertz CT molecular complexity index is 861. The van der Waals surface area contributed by atoms with Gasteiger partial charge >= 0.3 is 12.1 Å². The third-order valence-electron chi connectivity index (χ3n) is 3.63. The van der Waals surface area contributed by atoms with E-state index in [9.17, 15) is 9.59 Å². The predicted octanol–water partition coefficient (Wildman–Crippen LogP) is 2.50. The average molecular weight is 391 g/mol. The molecule has 0 spiro atoms. The lowest BCUT2D eigenvalue weighted by Crippen LogP contribution is -2.39. The van der Waals surface area contributed by atoms with Gasteiger partial charge in [0.15, 0.2) is 0 Å². The van der Waals surface area contributed by atoms with Gasteiger partial charge in [-0.2, -0.15) is 0 Å². The molecule has 1 aliphatic heterocycles. The number of thioether (sulfide) groups is 1. The van der Waals surface area contributed by atoms with E-state index < -0.39 is 17.6 Å². The van der Waals surface area contributed by atoms with Gasteiger partial charge in [0.2, 0.25) is 11.8 Å². The topological polar surface area (TPSA) is 132 Å². The number of hydrogen-bond acceptors (Lipinski definition) is 8. The number of amides is 2. The van der Waals surface area contributed by atoms with Crippen molar-refractivity contribution in [3.8, 4) is 11.5 Å². The molecule has 2 amide bonds. The maximum atomic E-state index is 12.5. The number of alkyl carbamates (subject to hydrolysis) is 1. The molecular weight excluding hydrogens is 370 g/mol. The fourth-order valence-corrected chi connectivity index (χ4v) is 3.49. The third-order valence-corrected chi connectivity index (χ3v) is 4.86. The molecular formula is C17H21N5O4S. The van der Waals surface area contributed by atoms with Crippen molar-refractivity contribution in [1.82, 2.24) is 15.5 Å². The zero-order chi connectivity index (χ0) is 19.6. The molecule has 2 aromatic rings. The van der Waals surface area contributed by atoms with E-state index in [0.29, 0.717) is 17.0 Å². The number of rotatable bonds is 3. The highest BCUT2D eigenvalue weighted by Gasteiger charge is 2.26. The Morgan fingerprint density at radius 3 is 2.89 bits per heavy atom. The monoisotopic (exact) mass is 391 g/mol. The number of carbonyl (C=O) groups excluding carboxylic acids is 2. The first kappa shape index (κ1) is 19.0. The van der Waals surface area contributed by atoms with Crippen LogP contribution < -0.4 is 16.4 Å². The number of hydrogen-bond donors (Lipinski definition) is 3. The summed E-state index contributed by atoms with van der Waals surface area (Å²) >= 11 is 1.53. The minimum atomic E-state index is -0.588. The van der Waals surface area contributed by atoms with E-state index in [2.05, 4.69) is 20.8 Å². The summed E-state index contributed by atoms with van der Waals surface area (Å²) in [5.41, 5.74) is 6.18. The fraction of sp³-hybridized carbons (Fsp3) is 0.412. The Kier molecular flexibility index (Phi) is 5.26. The number of ether oxygens (including phenoxy) is 1. The molecule has 1 aromatic carbocycles. The zero-order valence-electron chi connectivity index (χ0n) is 15.2. The maximum absolute atomic E-state index is 12.5. The number of carbonyl (C=O) groups is 2. The molecule has 0 saturated carbocycles. The van der Waals surface area contributed by atoms with E-state index in [1.54, 1.807) is 26.8 Å². The van der Waals surface area contributed by atoms with E-state index in [0.717, 1.165) is 4.90 Å². The number of anilines is 2. The molecule has 1 atom stereocenters. The summed E-state index contributed by atoms with van der Waals surface area (Å²) in [5, 5.41) is 13.0. The van der Waals surface area contributed by atoms with Crippen molar-refractivity contribution in [2.45, 2.75) is 31.3 Å². The second-order valence-electron chi connectivity index (χ2n) is 7.04. The molecule has 0 saturated heterocycles. The van der Waals surface area contributed by atoms with Crippen LogP contribution in [0.5, 0.6) is 0 Å². The lowest BCUT2D eigenvalue weighted by molar-refractivity contribution is -0.119. The van der Waals surface area contributed by atoms with Crippen LogP contribution in [0.2, 0.25) is 0 Å². The maximum Gasteiger partial charge on any atom is 0.407 e. The van der Waals surface area contributed by atoms with Crippen molar-refractivity contribution in [1.29, 1.82) is 0 Å². The van der Waals surface area contributed by atoms with Gasteiger partial charge in [0, 0.05) is 22.8 Å². The molecule has 2 heterocycles. The number of nitrogens with one attached hydrogen (secondary N) is 2. The molecule has 3 rings (SSSR count). The molecule has 0 bridgehead atoms. The zero-order valence-corrected chi connectivity index (χ0v) is 16.1. The largest absolute Gasteiger partial charge is 0.444 e. The summed E-state index contributed by atoms with van der Waals surface area (Å²) in [6.45, 7) is 5.54. The van der Waals surface area contributed by atoms with E-state index in [-0.39, 0.29) is 24.4 Å². The summed E-state index contributed by atoms with van der Waals surface area (Å²) < 4.78 is 10.4. The van der Waals surface area contributed by atoms with E-state index in [4.69, 9.17) is 14.9 Å². The van der Waals surface area contributed by atoms with Crippen molar-refractivity contribution in [2.75, 3.05) is 23.3 Å². The van der Waals surface area contributed by atoms with E-state index >= 15 is 0 Å². The summed E-state index contributed by atoms with van der Waals surface area (Å²) in [6.07, 6.45) is -0.543. The summed E-state index contributed by atoms with van der Waals surface area (Å²) in [5.74, 6) is 0.237. The molecule has 4 N–H and O–H groups in total. The molecule has 0 aliphatic carbocycles. The van der Waals surface area contributed by atoms with Crippen LogP contribution in [-0.2, 0) is 9.53 Å². The van der Waals surface area contributed by atoms with E-state index in [1.807, 2.05) is 12.1 Å². The Balaban J connectivity index is 1.67. The third kappa shape index (κ3) is 4.91. The Morgan fingerprint density at radius 2 is 2.22 bits per heavy atom. The van der Waals surface area contributed by atoms with Crippen molar-refractivity contribution in [2.24, 2.45) is 5.92 Å². The van der Waals surface area contributed by atoms with Crippen LogP contribution in [0.25, 0.3) is 11.5 Å². The standard InChI is InChI=1S/C17H21N5O4S/c1-17(2,3)26-16(24)19-7-10-8-27-12-5-4-9(6-11(12)20-13(10)23)14-21-22-15(18)25-14/h4-6,10H,7-8H2,1-3H3,(H2,18,22)(H,19,24)(H,20,23)/t10-/m0/s1. The highest BCUT2D eigenvalue weighted by molar-refractivity contribution is 7.99. The molecule has 0 unspecified atom stereocenters. The van der Waals surface area contributed by atoms with Gasteiger partial charge in [-0.05, 0) is 39.0 Å². The van der Waals surface area contributed by atoms with Gasteiger partial charge in [0.1, 0.15) is 5.60 Å². The van der Waals surface area contributed by atoms with Crippen molar-refractivity contribution >= 4 is 35.5 Å². The van der Waals surface area contributed by atoms with Crippen molar-refractivity contribution < 1.29 is 18.7 Å². The minimum absolute atomic E-state index is 0.0216. The van der Waals surface area contributed by atoms with Gasteiger partial charge in [-0.3, -0.25) is 4.79 Å². The molecule has 0 fully saturated rings. The number of nitrogens with two attached hydrogens (primary N) is 1. The van der Waals surface area contributed by atoms with Gasteiger partial charge in [0.05, 0.1) is 11.6 Å². The summed E-state index contributed by atoms with van der Waals surface area (Å²) in [6, 6.07) is 5.44. The van der Waals surface area contributed by atoms with Crippen LogP contribution in [-0.4, -0.2) is 40.1 Å². The van der Waals surface area contributed by atoms with Gasteiger partial charge < -0.3 is 25.5 Å². The second-order valence-corrected chi connectivity index (χ2v) is 8.10. The number of nitrogen functional groups attached to an aromatic ring is 1. The molecule has 144 valence electrons. The number of benzene rings is 1.